The van der Waals surface area contributed by atoms with Crippen LogP contribution in [-0.2, 0) is 19.1 Å². The number of unbranched alkanes of at least 4 members (excludes halogenated alkanes) is 13. The van der Waals surface area contributed by atoms with Crippen LogP contribution in [0.3, 0.4) is 0 Å². The number of ether oxygens (including phenoxy) is 2. The van der Waals surface area contributed by atoms with Crippen LogP contribution in [0.1, 0.15) is 123 Å². The molecule has 0 spiro atoms. The Morgan fingerprint density at radius 1 is 0.581 bits per heavy atom. The first-order valence-corrected chi connectivity index (χ1v) is 13.2. The SMILES string of the molecule is CCCCCCCCCCCCCCCOC(=O)C1CC=CCC1C(=O)OCCCC. The van der Waals surface area contributed by atoms with Crippen LogP contribution in [0.2, 0.25) is 0 Å². The fraction of sp³-hybridized carbons (Fsp3) is 0.852. The molecule has 0 N–H and O–H groups in total. The Kier molecular flexibility index (Phi) is 17.3. The van der Waals surface area contributed by atoms with E-state index >= 15 is 0 Å². The molecule has 180 valence electrons. The van der Waals surface area contributed by atoms with Crippen LogP contribution in [0.15, 0.2) is 12.2 Å². The number of allylic oxidation sites excluding steroid dienone is 2. The van der Waals surface area contributed by atoms with E-state index in [-0.39, 0.29) is 23.8 Å². The van der Waals surface area contributed by atoms with Crippen molar-refractivity contribution in [3.8, 4) is 0 Å². The van der Waals surface area contributed by atoms with Crippen LogP contribution >= 0.6 is 0 Å². The Hall–Kier alpha value is -1.32. The first-order valence-electron chi connectivity index (χ1n) is 13.2. The zero-order valence-electron chi connectivity index (χ0n) is 20.4. The molecule has 0 bridgehead atoms. The van der Waals surface area contributed by atoms with Crippen molar-refractivity contribution in [1.29, 1.82) is 0 Å². The molecule has 1 rings (SSSR count). The highest BCUT2D eigenvalue weighted by molar-refractivity contribution is 5.82. The van der Waals surface area contributed by atoms with E-state index in [0.29, 0.717) is 26.1 Å². The smallest absolute Gasteiger partial charge is 0.310 e. The van der Waals surface area contributed by atoms with Gasteiger partial charge in [0.25, 0.3) is 0 Å². The fourth-order valence-corrected chi connectivity index (χ4v) is 4.16. The van der Waals surface area contributed by atoms with Gasteiger partial charge in [0.1, 0.15) is 0 Å². The summed E-state index contributed by atoms with van der Waals surface area (Å²) in [5, 5.41) is 0. The van der Waals surface area contributed by atoms with Crippen molar-refractivity contribution in [3.63, 3.8) is 0 Å². The molecule has 4 heteroatoms. The summed E-state index contributed by atoms with van der Waals surface area (Å²) in [5.41, 5.74) is 0. The molecule has 0 aromatic heterocycles. The van der Waals surface area contributed by atoms with Crippen LogP contribution in [0.4, 0.5) is 0 Å². The van der Waals surface area contributed by atoms with Crippen molar-refractivity contribution in [1.82, 2.24) is 0 Å². The lowest BCUT2D eigenvalue weighted by Gasteiger charge is -2.25. The van der Waals surface area contributed by atoms with Crippen LogP contribution < -0.4 is 0 Å². The normalized spacial score (nSPS) is 18.1. The zero-order valence-corrected chi connectivity index (χ0v) is 20.4. The van der Waals surface area contributed by atoms with Crippen molar-refractivity contribution >= 4 is 11.9 Å². The third kappa shape index (κ3) is 13.6. The van der Waals surface area contributed by atoms with Crippen molar-refractivity contribution in [2.75, 3.05) is 13.2 Å². The van der Waals surface area contributed by atoms with E-state index in [1.165, 1.54) is 70.6 Å². The molecule has 0 aromatic rings. The molecule has 31 heavy (non-hydrogen) atoms. The Morgan fingerprint density at radius 2 is 0.935 bits per heavy atom. The highest BCUT2D eigenvalue weighted by atomic mass is 16.5. The molecule has 0 saturated heterocycles. The van der Waals surface area contributed by atoms with E-state index in [1.807, 2.05) is 12.2 Å². The maximum absolute atomic E-state index is 12.5. The summed E-state index contributed by atoms with van der Waals surface area (Å²) in [6.07, 6.45) is 23.8. The lowest BCUT2D eigenvalue weighted by Crippen LogP contribution is -2.34. The van der Waals surface area contributed by atoms with Gasteiger partial charge in [-0.25, -0.2) is 0 Å². The van der Waals surface area contributed by atoms with Gasteiger partial charge in [0, 0.05) is 0 Å². The fourth-order valence-electron chi connectivity index (χ4n) is 4.16. The van der Waals surface area contributed by atoms with E-state index in [9.17, 15) is 9.59 Å². The number of hydrogen-bond donors (Lipinski definition) is 0. The quantitative estimate of drug-likeness (QED) is 0.119. The summed E-state index contributed by atoms with van der Waals surface area (Å²) < 4.78 is 10.9. The van der Waals surface area contributed by atoms with Crippen molar-refractivity contribution in [2.24, 2.45) is 11.8 Å². The summed E-state index contributed by atoms with van der Waals surface area (Å²) in [7, 11) is 0. The maximum atomic E-state index is 12.5. The molecule has 2 unspecified atom stereocenters. The number of rotatable bonds is 19. The van der Waals surface area contributed by atoms with Gasteiger partial charge in [0.05, 0.1) is 25.0 Å². The van der Waals surface area contributed by atoms with Gasteiger partial charge in [-0.3, -0.25) is 9.59 Å². The largest absolute Gasteiger partial charge is 0.465 e. The Balaban J connectivity index is 2.04. The van der Waals surface area contributed by atoms with Crippen molar-refractivity contribution < 1.29 is 19.1 Å². The second-order valence-corrected chi connectivity index (χ2v) is 9.09. The first-order chi connectivity index (χ1) is 15.2. The number of esters is 2. The summed E-state index contributed by atoms with van der Waals surface area (Å²) in [4.78, 5) is 24.8. The van der Waals surface area contributed by atoms with Crippen LogP contribution in [0.25, 0.3) is 0 Å². The molecule has 0 aromatic carbocycles. The lowest BCUT2D eigenvalue weighted by atomic mass is 9.83. The van der Waals surface area contributed by atoms with Gasteiger partial charge in [-0.2, -0.15) is 0 Å². The van der Waals surface area contributed by atoms with E-state index in [0.717, 1.165) is 25.7 Å². The lowest BCUT2D eigenvalue weighted by molar-refractivity contribution is -0.161. The number of carbonyl (C=O) groups is 2. The van der Waals surface area contributed by atoms with Gasteiger partial charge in [-0.1, -0.05) is 109 Å². The van der Waals surface area contributed by atoms with Gasteiger partial charge in [0.2, 0.25) is 0 Å². The highest BCUT2D eigenvalue weighted by Crippen LogP contribution is 2.28. The van der Waals surface area contributed by atoms with Crippen LogP contribution in [0, 0.1) is 11.8 Å². The van der Waals surface area contributed by atoms with E-state index < -0.39 is 0 Å². The molecule has 0 radical (unpaired) electrons. The predicted molar refractivity (Wildman–Crippen MR) is 128 cm³/mol. The average molecular weight is 437 g/mol. The summed E-state index contributed by atoms with van der Waals surface area (Å²) in [6, 6.07) is 0. The predicted octanol–water partition coefficient (Wildman–Crippen LogP) is 7.55. The third-order valence-electron chi connectivity index (χ3n) is 6.27. The molecule has 1 aliphatic carbocycles. The third-order valence-corrected chi connectivity index (χ3v) is 6.27. The van der Waals surface area contributed by atoms with Gasteiger partial charge in [-0.05, 0) is 25.7 Å². The molecule has 2 atom stereocenters. The van der Waals surface area contributed by atoms with E-state index in [4.69, 9.17) is 9.47 Å². The number of hydrogen-bond acceptors (Lipinski definition) is 4. The topological polar surface area (TPSA) is 52.6 Å². The van der Waals surface area contributed by atoms with Gasteiger partial charge in [-0.15, -0.1) is 0 Å². The average Bonchev–Trinajstić information content (AvgIpc) is 2.79. The minimum Gasteiger partial charge on any atom is -0.465 e. The minimum atomic E-state index is -0.388. The molecule has 0 fully saturated rings. The first kappa shape index (κ1) is 27.7. The minimum absolute atomic E-state index is 0.235. The molecule has 0 heterocycles. The van der Waals surface area contributed by atoms with E-state index in [2.05, 4.69) is 13.8 Å². The Bertz CT molecular complexity index is 486. The molecule has 0 aliphatic heterocycles. The van der Waals surface area contributed by atoms with Gasteiger partial charge >= 0.3 is 11.9 Å². The standard InChI is InChI=1S/C27H48O4/c1-3-5-7-8-9-10-11-12-13-14-15-16-19-23-31-27(29)25-21-18-17-20-24(25)26(28)30-22-6-4-2/h17-18,24-25H,3-16,19-23H2,1-2H3. The summed E-state index contributed by atoms with van der Waals surface area (Å²) in [6.45, 7) is 5.24. The van der Waals surface area contributed by atoms with Gasteiger partial charge < -0.3 is 9.47 Å². The second kappa shape index (κ2) is 19.4. The van der Waals surface area contributed by atoms with Crippen LogP contribution in [-0.4, -0.2) is 25.2 Å². The summed E-state index contributed by atoms with van der Waals surface area (Å²) in [5.74, 6) is -1.26. The van der Waals surface area contributed by atoms with E-state index in [1.54, 1.807) is 0 Å². The van der Waals surface area contributed by atoms with Gasteiger partial charge in [0.15, 0.2) is 0 Å². The zero-order chi connectivity index (χ0) is 22.6. The van der Waals surface area contributed by atoms with Crippen LogP contribution in [0.5, 0.6) is 0 Å². The molecule has 4 nitrogen and oxygen atoms in total. The Labute approximate surface area is 191 Å². The highest BCUT2D eigenvalue weighted by Gasteiger charge is 2.36. The number of carbonyl (C=O) groups excluding carboxylic acids is 2. The second-order valence-electron chi connectivity index (χ2n) is 9.09. The molecule has 1 aliphatic rings. The molecule has 0 amide bonds. The summed E-state index contributed by atoms with van der Waals surface area (Å²) >= 11 is 0. The molecular weight excluding hydrogens is 388 g/mol. The monoisotopic (exact) mass is 436 g/mol. The van der Waals surface area contributed by atoms with Crippen molar-refractivity contribution in [2.45, 2.75) is 123 Å². The molecule has 0 saturated carbocycles. The van der Waals surface area contributed by atoms with Crippen molar-refractivity contribution in [3.05, 3.63) is 12.2 Å². The Morgan fingerprint density at radius 3 is 1.35 bits per heavy atom. The maximum Gasteiger partial charge on any atom is 0.310 e. The molecular formula is C27H48O4.